The Morgan fingerprint density at radius 2 is 1.69 bits per heavy atom. The van der Waals surface area contributed by atoms with Gasteiger partial charge < -0.3 is 0 Å². The van der Waals surface area contributed by atoms with Crippen molar-refractivity contribution < 1.29 is 13.2 Å². The molecule has 13 heavy (non-hydrogen) atoms. The molecule has 0 saturated heterocycles. The highest BCUT2D eigenvalue weighted by Crippen LogP contribution is 2.38. The highest BCUT2D eigenvalue weighted by atomic mass is 35.5. The van der Waals surface area contributed by atoms with E-state index in [1.54, 1.807) is 0 Å². The van der Waals surface area contributed by atoms with Gasteiger partial charge in [-0.2, -0.15) is 13.2 Å². The van der Waals surface area contributed by atoms with Crippen LogP contribution in [0.25, 0.3) is 0 Å². The van der Waals surface area contributed by atoms with E-state index in [9.17, 15) is 13.2 Å². The summed E-state index contributed by atoms with van der Waals surface area (Å²) in [5.41, 5.74) is -0.923. The van der Waals surface area contributed by atoms with Crippen molar-refractivity contribution in [3.63, 3.8) is 0 Å². The summed E-state index contributed by atoms with van der Waals surface area (Å²) in [7, 11) is 0. The largest absolute Gasteiger partial charge is 0.417 e. The number of hydrogen-bond donors (Lipinski definition) is 1. The van der Waals surface area contributed by atoms with Crippen LogP contribution >= 0.6 is 35.8 Å². The van der Waals surface area contributed by atoms with Gasteiger partial charge in [0.2, 0.25) is 0 Å². The van der Waals surface area contributed by atoms with E-state index in [4.69, 9.17) is 23.2 Å². The lowest BCUT2D eigenvalue weighted by atomic mass is 10.2. The first-order valence-corrected chi connectivity index (χ1v) is 4.28. The third-order valence-electron chi connectivity index (χ3n) is 1.33. The van der Waals surface area contributed by atoms with Gasteiger partial charge in [-0.05, 0) is 12.1 Å². The maximum Gasteiger partial charge on any atom is 0.417 e. The van der Waals surface area contributed by atoms with Crippen LogP contribution in [0.2, 0.25) is 10.0 Å². The first-order chi connectivity index (χ1) is 5.82. The second-order valence-electron chi connectivity index (χ2n) is 2.28. The Labute approximate surface area is 88.1 Å². The van der Waals surface area contributed by atoms with Gasteiger partial charge in [0.15, 0.2) is 0 Å². The lowest BCUT2D eigenvalue weighted by Crippen LogP contribution is -2.06. The van der Waals surface area contributed by atoms with Gasteiger partial charge in [-0.25, -0.2) is 0 Å². The Balaban J connectivity index is 3.37. The molecule has 0 N–H and O–H groups in total. The average molecular weight is 247 g/mol. The molecule has 0 unspecified atom stereocenters. The fourth-order valence-electron chi connectivity index (χ4n) is 0.782. The van der Waals surface area contributed by atoms with Crippen LogP contribution in [0.5, 0.6) is 0 Å². The van der Waals surface area contributed by atoms with Crippen LogP contribution in [0.4, 0.5) is 13.2 Å². The summed E-state index contributed by atoms with van der Waals surface area (Å²) in [6, 6.07) is 2.00. The van der Waals surface area contributed by atoms with Gasteiger partial charge in [-0.15, -0.1) is 12.6 Å². The minimum atomic E-state index is -4.48. The van der Waals surface area contributed by atoms with Crippen LogP contribution in [-0.4, -0.2) is 0 Å². The summed E-state index contributed by atoms with van der Waals surface area (Å²) in [6.07, 6.45) is -4.48. The molecule has 0 heterocycles. The zero-order valence-corrected chi connectivity index (χ0v) is 8.40. The van der Waals surface area contributed by atoms with E-state index < -0.39 is 11.7 Å². The molecular formula is C7H3Cl2F3S. The van der Waals surface area contributed by atoms with E-state index in [1.807, 2.05) is 0 Å². The van der Waals surface area contributed by atoms with Gasteiger partial charge in [-0.1, -0.05) is 23.2 Å². The predicted octanol–water partition coefficient (Wildman–Crippen LogP) is 4.30. The standard InChI is InChI=1S/C7H3Cl2F3S/c8-3-1-4(7(10,11)12)6(13)5(9)2-3/h1-2,13H. The molecule has 0 aliphatic rings. The molecule has 0 saturated carbocycles. The maximum absolute atomic E-state index is 12.2. The highest BCUT2D eigenvalue weighted by molar-refractivity contribution is 7.80. The molecule has 0 bridgehead atoms. The fraction of sp³-hybridized carbons (Fsp3) is 0.143. The Morgan fingerprint density at radius 1 is 1.15 bits per heavy atom. The minimum absolute atomic E-state index is 0.0601. The number of alkyl halides is 3. The third kappa shape index (κ3) is 2.45. The van der Waals surface area contributed by atoms with Crippen LogP contribution in [0.3, 0.4) is 0 Å². The number of halogens is 5. The molecule has 0 aromatic heterocycles. The van der Waals surface area contributed by atoms with E-state index >= 15 is 0 Å². The Morgan fingerprint density at radius 3 is 2.15 bits per heavy atom. The van der Waals surface area contributed by atoms with Crippen LogP contribution in [0.1, 0.15) is 5.56 Å². The molecule has 0 amide bonds. The van der Waals surface area contributed by atoms with Gasteiger partial charge >= 0.3 is 6.18 Å². The first kappa shape index (κ1) is 11.0. The summed E-state index contributed by atoms with van der Waals surface area (Å²) in [4.78, 5) is -0.307. The average Bonchev–Trinajstić information content (AvgIpc) is 1.94. The predicted molar refractivity (Wildman–Crippen MR) is 48.7 cm³/mol. The fourth-order valence-corrected chi connectivity index (χ4v) is 1.53. The van der Waals surface area contributed by atoms with E-state index in [0.29, 0.717) is 0 Å². The zero-order valence-electron chi connectivity index (χ0n) is 5.99. The van der Waals surface area contributed by atoms with E-state index in [-0.39, 0.29) is 14.9 Å². The summed E-state index contributed by atoms with van der Waals surface area (Å²) < 4.78 is 36.7. The number of thiol groups is 1. The number of hydrogen-bond acceptors (Lipinski definition) is 1. The minimum Gasteiger partial charge on any atom is -0.166 e. The Bertz CT molecular complexity index is 335. The Hall–Kier alpha value is -0.0600. The summed E-state index contributed by atoms with van der Waals surface area (Å²) in [5, 5.41) is -0.168. The molecule has 1 rings (SSSR count). The van der Waals surface area contributed by atoms with Crippen LogP contribution < -0.4 is 0 Å². The molecular weight excluding hydrogens is 244 g/mol. The monoisotopic (exact) mass is 246 g/mol. The maximum atomic E-state index is 12.2. The van der Waals surface area contributed by atoms with Gasteiger partial charge in [0.1, 0.15) is 0 Å². The summed E-state index contributed by atoms with van der Waals surface area (Å²) in [6.45, 7) is 0. The topological polar surface area (TPSA) is 0 Å². The SMILES string of the molecule is FC(F)(F)c1cc(Cl)cc(Cl)c1S. The van der Waals surface area contributed by atoms with Gasteiger partial charge in [0.25, 0.3) is 0 Å². The van der Waals surface area contributed by atoms with Crippen LogP contribution in [0.15, 0.2) is 17.0 Å². The number of benzene rings is 1. The molecule has 0 aliphatic carbocycles. The molecule has 0 nitrogen and oxygen atoms in total. The van der Waals surface area contributed by atoms with Crippen LogP contribution in [0, 0.1) is 0 Å². The molecule has 6 heteroatoms. The van der Waals surface area contributed by atoms with Crippen molar-refractivity contribution in [1.29, 1.82) is 0 Å². The van der Waals surface area contributed by atoms with Gasteiger partial charge in [0, 0.05) is 9.92 Å². The van der Waals surface area contributed by atoms with Gasteiger partial charge in [0.05, 0.1) is 10.6 Å². The van der Waals surface area contributed by atoms with E-state index in [1.165, 1.54) is 6.07 Å². The molecule has 0 atom stereocenters. The van der Waals surface area contributed by atoms with Crippen molar-refractivity contribution in [2.24, 2.45) is 0 Å². The lowest BCUT2D eigenvalue weighted by molar-refractivity contribution is -0.139. The molecule has 1 aromatic carbocycles. The van der Waals surface area contributed by atoms with Crippen molar-refractivity contribution in [2.45, 2.75) is 11.1 Å². The molecule has 0 radical (unpaired) electrons. The first-order valence-electron chi connectivity index (χ1n) is 3.07. The molecule has 0 fully saturated rings. The highest BCUT2D eigenvalue weighted by Gasteiger charge is 2.33. The quantitative estimate of drug-likeness (QED) is 0.649. The third-order valence-corrected chi connectivity index (χ3v) is 2.46. The smallest absolute Gasteiger partial charge is 0.166 e. The van der Waals surface area contributed by atoms with Crippen molar-refractivity contribution in [1.82, 2.24) is 0 Å². The summed E-state index contributed by atoms with van der Waals surface area (Å²) in [5.74, 6) is 0. The second kappa shape index (κ2) is 3.59. The molecule has 1 aromatic rings. The number of rotatable bonds is 0. The van der Waals surface area contributed by atoms with Crippen molar-refractivity contribution in [3.8, 4) is 0 Å². The van der Waals surface area contributed by atoms with Crippen molar-refractivity contribution in [3.05, 3.63) is 27.7 Å². The van der Waals surface area contributed by atoms with E-state index in [2.05, 4.69) is 12.6 Å². The zero-order chi connectivity index (χ0) is 10.2. The second-order valence-corrected chi connectivity index (χ2v) is 3.57. The molecule has 0 spiro atoms. The lowest BCUT2D eigenvalue weighted by Gasteiger charge is -2.10. The Kier molecular flexibility index (Phi) is 3.05. The summed E-state index contributed by atoms with van der Waals surface area (Å²) >= 11 is 14.5. The van der Waals surface area contributed by atoms with E-state index in [0.717, 1.165) is 6.07 Å². The van der Waals surface area contributed by atoms with Crippen molar-refractivity contribution in [2.75, 3.05) is 0 Å². The van der Waals surface area contributed by atoms with Crippen molar-refractivity contribution >= 4 is 35.8 Å². The normalized spacial score (nSPS) is 11.8. The van der Waals surface area contributed by atoms with Gasteiger partial charge in [-0.3, -0.25) is 0 Å². The van der Waals surface area contributed by atoms with Crippen LogP contribution in [-0.2, 0) is 6.18 Å². The molecule has 72 valence electrons. The molecule has 0 aliphatic heterocycles.